The van der Waals surface area contributed by atoms with Crippen molar-refractivity contribution in [3.05, 3.63) is 51.7 Å². The number of aromatic nitrogens is 3. The molecule has 0 bridgehead atoms. The molecule has 0 saturated heterocycles. The molecule has 1 heterocycles. The Morgan fingerprint density at radius 1 is 1.41 bits per heavy atom. The van der Waals surface area contributed by atoms with Crippen LogP contribution in [0.4, 0.5) is 0 Å². The third-order valence-electron chi connectivity index (χ3n) is 3.07. The van der Waals surface area contributed by atoms with Gasteiger partial charge < -0.3 is 10.1 Å². The minimum atomic E-state index is -0.983. The maximum absolute atomic E-state index is 12.1. The van der Waals surface area contributed by atoms with Crippen molar-refractivity contribution >= 4 is 11.9 Å². The highest BCUT2D eigenvalue weighted by molar-refractivity contribution is 5.94. The number of nitrogens with one attached hydrogen (secondary N) is 2. The van der Waals surface area contributed by atoms with Crippen LogP contribution < -0.4 is 11.0 Å². The molecule has 2 rings (SSSR count). The molecule has 2 N–H and O–H groups in total. The molecule has 116 valence electrons. The van der Waals surface area contributed by atoms with E-state index < -0.39 is 23.6 Å². The number of carbonyl (C=O) groups is 2. The summed E-state index contributed by atoms with van der Waals surface area (Å²) in [5.41, 5.74) is 1.00. The molecular weight excluding hydrogens is 288 g/mol. The number of aromatic amines is 1. The average Bonchev–Trinajstić information content (AvgIpc) is 2.83. The topological polar surface area (TPSA) is 106 Å². The van der Waals surface area contributed by atoms with Gasteiger partial charge in [-0.3, -0.25) is 9.78 Å². The van der Waals surface area contributed by atoms with Gasteiger partial charge in [0.1, 0.15) is 0 Å². The van der Waals surface area contributed by atoms with Gasteiger partial charge >= 0.3 is 11.7 Å². The van der Waals surface area contributed by atoms with E-state index in [1.807, 2.05) is 13.0 Å². The third kappa shape index (κ3) is 3.22. The largest absolute Gasteiger partial charge is 0.467 e. The number of H-pyrrole nitrogens is 1. The fraction of sp³-hybridized carbons (Fsp3) is 0.286. The molecule has 0 saturated carbocycles. The van der Waals surface area contributed by atoms with Crippen LogP contribution >= 0.6 is 0 Å². The minimum Gasteiger partial charge on any atom is -0.467 e. The summed E-state index contributed by atoms with van der Waals surface area (Å²) < 4.78 is 5.72. The van der Waals surface area contributed by atoms with Gasteiger partial charge in [0.05, 0.1) is 7.11 Å². The number of hydrogen-bond acceptors (Lipinski definition) is 5. The fourth-order valence-corrected chi connectivity index (χ4v) is 1.95. The molecule has 0 aliphatic rings. The summed E-state index contributed by atoms with van der Waals surface area (Å²) in [5.74, 6) is -1.46. The van der Waals surface area contributed by atoms with E-state index >= 15 is 0 Å². The van der Waals surface area contributed by atoms with E-state index in [0.29, 0.717) is 5.56 Å². The molecule has 0 radical (unpaired) electrons. The van der Waals surface area contributed by atoms with Gasteiger partial charge in [0.15, 0.2) is 6.04 Å². The summed E-state index contributed by atoms with van der Waals surface area (Å²) in [5, 5.41) is 6.25. The number of esters is 1. The standard InChI is InChI=1S/C14H16N4O4/c1-8-5-4-6-9(7-8)10(13(20)22-3)15-12(19)11-16-14(21)18(2)17-11/h4-7,10H,1-3H3,(H,15,19)(H,16,17,21). The monoisotopic (exact) mass is 304 g/mol. The van der Waals surface area contributed by atoms with Gasteiger partial charge in [-0.15, -0.1) is 5.10 Å². The Morgan fingerprint density at radius 3 is 2.68 bits per heavy atom. The molecule has 1 atom stereocenters. The predicted octanol–water partition coefficient (Wildman–Crippen LogP) is 0.0609. The third-order valence-corrected chi connectivity index (χ3v) is 3.07. The number of rotatable bonds is 4. The van der Waals surface area contributed by atoms with Crippen LogP contribution in [0.25, 0.3) is 0 Å². The molecule has 0 fully saturated rings. The number of methoxy groups -OCH3 is 1. The Kier molecular flexibility index (Phi) is 4.40. The summed E-state index contributed by atoms with van der Waals surface area (Å²) in [6, 6.07) is 6.13. The van der Waals surface area contributed by atoms with Gasteiger partial charge in [0.25, 0.3) is 5.91 Å². The first-order chi connectivity index (χ1) is 10.4. The molecular formula is C14H16N4O4. The van der Waals surface area contributed by atoms with Gasteiger partial charge in [-0.25, -0.2) is 14.3 Å². The van der Waals surface area contributed by atoms with E-state index in [1.165, 1.54) is 14.2 Å². The number of nitrogens with zero attached hydrogens (tertiary/aromatic N) is 2. The van der Waals surface area contributed by atoms with Gasteiger partial charge in [-0.05, 0) is 12.5 Å². The Bertz CT molecular complexity index is 762. The van der Waals surface area contributed by atoms with Crippen LogP contribution in [0.15, 0.2) is 29.1 Å². The highest BCUT2D eigenvalue weighted by atomic mass is 16.5. The van der Waals surface area contributed by atoms with Gasteiger partial charge in [0.2, 0.25) is 5.82 Å². The van der Waals surface area contributed by atoms with Gasteiger partial charge in [-0.1, -0.05) is 29.8 Å². The Hall–Kier alpha value is -2.90. The SMILES string of the molecule is COC(=O)C(NC(=O)c1nn(C)c(=O)[nH]1)c1cccc(C)c1. The molecule has 2 aromatic rings. The van der Waals surface area contributed by atoms with Crippen LogP contribution in [-0.2, 0) is 16.6 Å². The first kappa shape index (κ1) is 15.5. The van der Waals surface area contributed by atoms with Gasteiger partial charge in [-0.2, -0.15) is 0 Å². The van der Waals surface area contributed by atoms with E-state index in [0.717, 1.165) is 10.2 Å². The second-order valence-electron chi connectivity index (χ2n) is 4.75. The molecule has 1 aromatic heterocycles. The zero-order valence-corrected chi connectivity index (χ0v) is 12.4. The number of carbonyl (C=O) groups excluding carboxylic acids is 2. The second kappa shape index (κ2) is 6.25. The van der Waals surface area contributed by atoms with Gasteiger partial charge in [0, 0.05) is 7.05 Å². The van der Waals surface area contributed by atoms with Crippen LogP contribution in [0, 0.1) is 6.92 Å². The van der Waals surface area contributed by atoms with E-state index in [4.69, 9.17) is 4.74 Å². The Morgan fingerprint density at radius 2 is 2.14 bits per heavy atom. The minimum absolute atomic E-state index is 0.172. The smallest absolute Gasteiger partial charge is 0.343 e. The van der Waals surface area contributed by atoms with Crippen molar-refractivity contribution < 1.29 is 14.3 Å². The lowest BCUT2D eigenvalue weighted by molar-refractivity contribution is -0.143. The molecule has 1 unspecified atom stereocenters. The van der Waals surface area contributed by atoms with Crippen molar-refractivity contribution in [2.45, 2.75) is 13.0 Å². The molecule has 1 amide bonds. The summed E-state index contributed by atoms with van der Waals surface area (Å²) >= 11 is 0. The van der Waals surface area contributed by atoms with E-state index in [1.54, 1.807) is 18.2 Å². The summed E-state index contributed by atoms with van der Waals surface area (Å²) in [6.07, 6.45) is 0. The Balaban J connectivity index is 2.29. The van der Waals surface area contributed by atoms with Crippen molar-refractivity contribution in [3.63, 3.8) is 0 Å². The molecule has 8 nitrogen and oxygen atoms in total. The van der Waals surface area contributed by atoms with Crippen molar-refractivity contribution in [1.82, 2.24) is 20.1 Å². The normalized spacial score (nSPS) is 11.8. The number of aryl methyl sites for hydroxylation is 2. The molecule has 8 heteroatoms. The average molecular weight is 304 g/mol. The van der Waals surface area contributed by atoms with Crippen molar-refractivity contribution in [2.24, 2.45) is 7.05 Å². The van der Waals surface area contributed by atoms with Crippen molar-refractivity contribution in [2.75, 3.05) is 7.11 Å². The lowest BCUT2D eigenvalue weighted by Crippen LogP contribution is -2.35. The van der Waals surface area contributed by atoms with Crippen LogP contribution in [0.5, 0.6) is 0 Å². The molecule has 0 aliphatic carbocycles. The van der Waals surface area contributed by atoms with E-state index in [2.05, 4.69) is 15.4 Å². The van der Waals surface area contributed by atoms with Crippen LogP contribution in [0.3, 0.4) is 0 Å². The Labute approximate surface area is 126 Å². The summed E-state index contributed by atoms with van der Waals surface area (Å²) in [7, 11) is 2.65. The number of ether oxygens (including phenoxy) is 1. The number of benzene rings is 1. The maximum Gasteiger partial charge on any atom is 0.343 e. The number of amides is 1. The summed E-state index contributed by atoms with van der Waals surface area (Å²) in [4.78, 5) is 37.7. The predicted molar refractivity (Wildman–Crippen MR) is 77.2 cm³/mol. The van der Waals surface area contributed by atoms with Crippen LogP contribution in [0.2, 0.25) is 0 Å². The highest BCUT2D eigenvalue weighted by Gasteiger charge is 2.25. The van der Waals surface area contributed by atoms with E-state index in [-0.39, 0.29) is 5.82 Å². The van der Waals surface area contributed by atoms with Crippen LogP contribution in [0.1, 0.15) is 27.8 Å². The second-order valence-corrected chi connectivity index (χ2v) is 4.75. The summed E-state index contributed by atoms with van der Waals surface area (Å²) in [6.45, 7) is 1.87. The molecule has 0 aliphatic heterocycles. The first-order valence-corrected chi connectivity index (χ1v) is 6.51. The number of hydrogen-bond donors (Lipinski definition) is 2. The zero-order valence-electron chi connectivity index (χ0n) is 12.4. The fourth-order valence-electron chi connectivity index (χ4n) is 1.95. The highest BCUT2D eigenvalue weighted by Crippen LogP contribution is 2.16. The molecule has 22 heavy (non-hydrogen) atoms. The lowest BCUT2D eigenvalue weighted by Gasteiger charge is -2.16. The van der Waals surface area contributed by atoms with Crippen molar-refractivity contribution in [1.29, 1.82) is 0 Å². The van der Waals surface area contributed by atoms with E-state index in [9.17, 15) is 14.4 Å². The molecule has 0 spiro atoms. The first-order valence-electron chi connectivity index (χ1n) is 6.51. The zero-order chi connectivity index (χ0) is 16.3. The quantitative estimate of drug-likeness (QED) is 0.777. The molecule has 1 aromatic carbocycles. The van der Waals surface area contributed by atoms with Crippen molar-refractivity contribution in [3.8, 4) is 0 Å². The lowest BCUT2D eigenvalue weighted by atomic mass is 10.0. The van der Waals surface area contributed by atoms with Crippen LogP contribution in [-0.4, -0.2) is 33.8 Å². The maximum atomic E-state index is 12.1.